The quantitative estimate of drug-likeness (QED) is 0.857. The van der Waals surface area contributed by atoms with Gasteiger partial charge in [0.05, 0.1) is 12.0 Å². The number of piperidine rings is 1. The molecule has 7 nitrogen and oxygen atoms in total. The third-order valence-corrected chi connectivity index (χ3v) is 5.02. The number of amides is 2. The maximum Gasteiger partial charge on any atom is 0.239 e. The van der Waals surface area contributed by atoms with Gasteiger partial charge in [-0.3, -0.25) is 14.5 Å². The molecular weight excluding hydrogens is 322 g/mol. The number of nitrogens with two attached hydrogens (primary N) is 1. The van der Waals surface area contributed by atoms with Gasteiger partial charge in [-0.1, -0.05) is 6.07 Å². The van der Waals surface area contributed by atoms with Crippen molar-refractivity contribution in [2.45, 2.75) is 32.4 Å². The van der Waals surface area contributed by atoms with E-state index in [1.165, 1.54) is 0 Å². The fourth-order valence-electron chi connectivity index (χ4n) is 3.33. The first-order chi connectivity index (χ1) is 12.0. The molecule has 0 unspecified atom stereocenters. The van der Waals surface area contributed by atoms with E-state index >= 15 is 0 Å². The summed E-state index contributed by atoms with van der Waals surface area (Å²) in [4.78, 5) is 27.9. The zero-order chi connectivity index (χ0) is 18.0. The van der Waals surface area contributed by atoms with Crippen LogP contribution in [0.25, 0.3) is 0 Å². The molecule has 7 heteroatoms. The molecule has 2 heterocycles. The number of ether oxygens (including phenoxy) is 2. The molecule has 2 atom stereocenters. The van der Waals surface area contributed by atoms with E-state index < -0.39 is 0 Å². The van der Waals surface area contributed by atoms with Crippen molar-refractivity contribution in [3.05, 3.63) is 23.8 Å². The predicted molar refractivity (Wildman–Crippen MR) is 92.0 cm³/mol. The Morgan fingerprint density at radius 1 is 1.36 bits per heavy atom. The Morgan fingerprint density at radius 3 is 2.88 bits per heavy atom. The van der Waals surface area contributed by atoms with Crippen LogP contribution in [0.3, 0.4) is 0 Å². The zero-order valence-electron chi connectivity index (χ0n) is 14.7. The molecule has 3 rings (SSSR count). The Kier molecular flexibility index (Phi) is 5.13. The van der Waals surface area contributed by atoms with Crippen molar-refractivity contribution in [2.24, 2.45) is 11.7 Å². The fraction of sp³-hybridized carbons (Fsp3) is 0.556. The number of rotatable bonds is 5. The SMILES string of the molecule is C[C@H](C(=O)N1CCC[C@@H](C(N)=O)C1)N(C)Cc1ccc2c(c1)OCO2. The highest BCUT2D eigenvalue weighted by Crippen LogP contribution is 2.32. The van der Waals surface area contributed by atoms with Gasteiger partial charge < -0.3 is 20.1 Å². The van der Waals surface area contributed by atoms with E-state index in [0.29, 0.717) is 19.6 Å². The van der Waals surface area contributed by atoms with Gasteiger partial charge in [0, 0.05) is 19.6 Å². The molecule has 2 aliphatic heterocycles. The Labute approximate surface area is 147 Å². The highest BCUT2D eigenvalue weighted by atomic mass is 16.7. The van der Waals surface area contributed by atoms with E-state index in [1.54, 1.807) is 4.90 Å². The molecule has 0 saturated carbocycles. The number of primary amides is 1. The molecule has 2 N–H and O–H groups in total. The van der Waals surface area contributed by atoms with Crippen LogP contribution < -0.4 is 15.2 Å². The van der Waals surface area contributed by atoms with Gasteiger partial charge in [-0.15, -0.1) is 0 Å². The number of hydrogen-bond acceptors (Lipinski definition) is 5. The minimum Gasteiger partial charge on any atom is -0.454 e. The third-order valence-electron chi connectivity index (χ3n) is 5.02. The molecule has 2 aliphatic rings. The number of benzene rings is 1. The largest absolute Gasteiger partial charge is 0.454 e. The summed E-state index contributed by atoms with van der Waals surface area (Å²) in [5, 5.41) is 0. The van der Waals surface area contributed by atoms with Crippen molar-refractivity contribution in [2.75, 3.05) is 26.9 Å². The van der Waals surface area contributed by atoms with Crippen LogP contribution in [0.2, 0.25) is 0 Å². The van der Waals surface area contributed by atoms with Gasteiger partial charge in [0.25, 0.3) is 0 Å². The van der Waals surface area contributed by atoms with Crippen LogP contribution in [0.5, 0.6) is 11.5 Å². The van der Waals surface area contributed by atoms with Gasteiger partial charge in [-0.2, -0.15) is 0 Å². The van der Waals surface area contributed by atoms with Crippen molar-refractivity contribution in [1.82, 2.24) is 9.80 Å². The van der Waals surface area contributed by atoms with Crippen LogP contribution in [0, 0.1) is 5.92 Å². The van der Waals surface area contributed by atoms with Crippen molar-refractivity contribution >= 4 is 11.8 Å². The lowest BCUT2D eigenvalue weighted by Crippen LogP contribution is -2.50. The number of likely N-dealkylation sites (tertiary alicyclic amines) is 1. The molecule has 2 amide bonds. The molecule has 0 aliphatic carbocycles. The highest BCUT2D eigenvalue weighted by molar-refractivity contribution is 5.83. The summed E-state index contributed by atoms with van der Waals surface area (Å²) in [7, 11) is 1.92. The summed E-state index contributed by atoms with van der Waals surface area (Å²) in [5.74, 6) is 0.976. The lowest BCUT2D eigenvalue weighted by Gasteiger charge is -2.35. The first kappa shape index (κ1) is 17.5. The minimum atomic E-state index is -0.320. The van der Waals surface area contributed by atoms with Crippen LogP contribution >= 0.6 is 0 Å². The molecule has 0 aromatic heterocycles. The van der Waals surface area contributed by atoms with Crippen molar-refractivity contribution in [3.8, 4) is 11.5 Å². The predicted octanol–water partition coefficient (Wildman–Crippen LogP) is 0.960. The Bertz CT molecular complexity index is 664. The van der Waals surface area contributed by atoms with E-state index in [4.69, 9.17) is 15.2 Å². The van der Waals surface area contributed by atoms with Crippen LogP contribution in [0.1, 0.15) is 25.3 Å². The van der Waals surface area contributed by atoms with Gasteiger partial charge in [0.2, 0.25) is 18.6 Å². The number of likely N-dealkylation sites (N-methyl/N-ethyl adjacent to an activating group) is 1. The molecule has 0 spiro atoms. The first-order valence-corrected chi connectivity index (χ1v) is 8.62. The molecular formula is C18H25N3O4. The average molecular weight is 347 g/mol. The van der Waals surface area contributed by atoms with Crippen LogP contribution in [0.15, 0.2) is 18.2 Å². The molecule has 1 saturated heterocycles. The molecule has 25 heavy (non-hydrogen) atoms. The number of carbonyl (C=O) groups is 2. The number of nitrogens with zero attached hydrogens (tertiary/aromatic N) is 2. The second-order valence-corrected chi connectivity index (χ2v) is 6.80. The minimum absolute atomic E-state index is 0.0363. The van der Waals surface area contributed by atoms with E-state index in [9.17, 15) is 9.59 Å². The number of carbonyl (C=O) groups excluding carboxylic acids is 2. The van der Waals surface area contributed by atoms with E-state index in [-0.39, 0.29) is 30.6 Å². The normalized spacial score (nSPS) is 20.6. The first-order valence-electron chi connectivity index (χ1n) is 8.62. The van der Waals surface area contributed by atoms with Crippen molar-refractivity contribution < 1.29 is 19.1 Å². The monoisotopic (exact) mass is 347 g/mol. The van der Waals surface area contributed by atoms with E-state index in [1.807, 2.05) is 37.1 Å². The zero-order valence-corrected chi connectivity index (χ0v) is 14.7. The fourth-order valence-corrected chi connectivity index (χ4v) is 3.33. The molecule has 0 radical (unpaired) electrons. The van der Waals surface area contributed by atoms with E-state index in [2.05, 4.69) is 0 Å². The Morgan fingerprint density at radius 2 is 2.12 bits per heavy atom. The van der Waals surface area contributed by atoms with Crippen LogP contribution in [-0.2, 0) is 16.1 Å². The second-order valence-electron chi connectivity index (χ2n) is 6.80. The molecule has 0 bridgehead atoms. The lowest BCUT2D eigenvalue weighted by molar-refractivity contribution is -0.139. The maximum atomic E-state index is 12.8. The maximum absolute atomic E-state index is 12.8. The Hall–Kier alpha value is -2.28. The topological polar surface area (TPSA) is 85.1 Å². The van der Waals surface area contributed by atoms with Gasteiger partial charge >= 0.3 is 0 Å². The molecule has 136 valence electrons. The van der Waals surface area contributed by atoms with Gasteiger partial charge in [0.1, 0.15) is 0 Å². The summed E-state index contributed by atoms with van der Waals surface area (Å²) < 4.78 is 10.7. The molecule has 1 aromatic carbocycles. The number of hydrogen-bond donors (Lipinski definition) is 1. The standard InChI is InChI=1S/C18H25N3O4/c1-12(18(23)21-7-3-4-14(10-21)17(19)22)20(2)9-13-5-6-15-16(8-13)25-11-24-15/h5-6,8,12,14H,3-4,7,9-11H2,1-2H3,(H2,19,22)/t12-,14-/m1/s1. The summed E-state index contributed by atoms with van der Waals surface area (Å²) >= 11 is 0. The summed E-state index contributed by atoms with van der Waals surface area (Å²) in [6.07, 6.45) is 1.58. The third kappa shape index (κ3) is 3.87. The second kappa shape index (κ2) is 7.31. The van der Waals surface area contributed by atoms with Gasteiger partial charge in [0.15, 0.2) is 11.5 Å². The van der Waals surface area contributed by atoms with Crippen LogP contribution in [-0.4, -0.2) is 54.6 Å². The molecule has 1 aromatic rings. The van der Waals surface area contributed by atoms with Crippen molar-refractivity contribution in [1.29, 1.82) is 0 Å². The van der Waals surface area contributed by atoms with Crippen molar-refractivity contribution in [3.63, 3.8) is 0 Å². The summed E-state index contributed by atoms with van der Waals surface area (Å²) in [5.41, 5.74) is 6.46. The number of fused-ring (bicyclic) bond motifs is 1. The van der Waals surface area contributed by atoms with Crippen LogP contribution in [0.4, 0.5) is 0 Å². The summed E-state index contributed by atoms with van der Waals surface area (Å²) in [6, 6.07) is 5.53. The average Bonchev–Trinajstić information content (AvgIpc) is 3.08. The summed E-state index contributed by atoms with van der Waals surface area (Å²) in [6.45, 7) is 3.88. The van der Waals surface area contributed by atoms with E-state index in [0.717, 1.165) is 29.9 Å². The lowest BCUT2D eigenvalue weighted by atomic mass is 9.97. The smallest absolute Gasteiger partial charge is 0.239 e. The Balaban J connectivity index is 1.60. The highest BCUT2D eigenvalue weighted by Gasteiger charge is 2.30. The van der Waals surface area contributed by atoms with Gasteiger partial charge in [-0.05, 0) is 44.5 Å². The molecule has 1 fully saturated rings. The van der Waals surface area contributed by atoms with Gasteiger partial charge in [-0.25, -0.2) is 0 Å².